The van der Waals surface area contributed by atoms with E-state index in [0.717, 1.165) is 11.6 Å². The zero-order valence-corrected chi connectivity index (χ0v) is 9.96. The van der Waals surface area contributed by atoms with Gasteiger partial charge in [0.1, 0.15) is 5.82 Å². The molecule has 2 rings (SSSR count). The average Bonchev–Trinajstić information content (AvgIpc) is 2.29. The van der Waals surface area contributed by atoms with Gasteiger partial charge in [0.05, 0.1) is 5.02 Å². The molecule has 0 aromatic heterocycles. The molecule has 0 N–H and O–H groups in total. The Bertz CT molecular complexity index is 561. The molecule has 0 aliphatic carbocycles. The monoisotopic (exact) mass is 248 g/mol. The van der Waals surface area contributed by atoms with Crippen LogP contribution in [0.5, 0.6) is 0 Å². The van der Waals surface area contributed by atoms with Crippen LogP contribution in [-0.4, -0.2) is 5.78 Å². The molecule has 2 aromatic rings. The molecule has 86 valence electrons. The van der Waals surface area contributed by atoms with E-state index < -0.39 is 5.82 Å². The lowest BCUT2D eigenvalue weighted by atomic mass is 10.0. The number of carbonyl (C=O) groups is 1. The first-order valence-electron chi connectivity index (χ1n) is 5.14. The van der Waals surface area contributed by atoms with Crippen molar-refractivity contribution < 1.29 is 9.18 Å². The number of halogens is 2. The molecule has 2 aromatic carbocycles. The van der Waals surface area contributed by atoms with Gasteiger partial charge in [-0.1, -0.05) is 41.4 Å². The van der Waals surface area contributed by atoms with Gasteiger partial charge in [-0.25, -0.2) is 4.39 Å². The van der Waals surface area contributed by atoms with Crippen LogP contribution in [0.25, 0.3) is 0 Å². The topological polar surface area (TPSA) is 17.1 Å². The van der Waals surface area contributed by atoms with Crippen molar-refractivity contribution in [2.24, 2.45) is 0 Å². The number of ketones is 1. The van der Waals surface area contributed by atoms with Gasteiger partial charge in [-0.3, -0.25) is 4.79 Å². The van der Waals surface area contributed by atoms with E-state index in [0.29, 0.717) is 11.1 Å². The molecule has 0 aliphatic rings. The molecule has 17 heavy (non-hydrogen) atoms. The highest BCUT2D eigenvalue weighted by atomic mass is 35.5. The number of aryl methyl sites for hydroxylation is 1. The van der Waals surface area contributed by atoms with Gasteiger partial charge < -0.3 is 0 Å². The number of benzene rings is 2. The fourth-order valence-corrected chi connectivity index (χ4v) is 1.79. The molecule has 0 radical (unpaired) electrons. The lowest BCUT2D eigenvalue weighted by molar-refractivity contribution is 0.103. The normalized spacial score (nSPS) is 10.3. The van der Waals surface area contributed by atoms with E-state index in [1.165, 1.54) is 12.1 Å². The molecule has 0 aliphatic heterocycles. The maximum atomic E-state index is 12.9. The van der Waals surface area contributed by atoms with Gasteiger partial charge in [0, 0.05) is 11.1 Å². The second-order valence-electron chi connectivity index (χ2n) is 3.82. The van der Waals surface area contributed by atoms with Gasteiger partial charge in [-0.2, -0.15) is 0 Å². The lowest BCUT2D eigenvalue weighted by Gasteiger charge is -2.04. The second kappa shape index (κ2) is 4.68. The Morgan fingerprint density at radius 3 is 2.35 bits per heavy atom. The van der Waals surface area contributed by atoms with Crippen molar-refractivity contribution in [3.63, 3.8) is 0 Å². The highest BCUT2D eigenvalue weighted by Gasteiger charge is 2.12. The van der Waals surface area contributed by atoms with Crippen LogP contribution in [0.15, 0.2) is 42.5 Å². The van der Waals surface area contributed by atoms with Crippen molar-refractivity contribution >= 4 is 17.4 Å². The summed E-state index contributed by atoms with van der Waals surface area (Å²) in [4.78, 5) is 12.1. The van der Waals surface area contributed by atoms with Crippen LogP contribution >= 0.6 is 11.6 Å². The molecular weight excluding hydrogens is 239 g/mol. The Morgan fingerprint density at radius 1 is 1.12 bits per heavy atom. The minimum atomic E-state index is -0.449. The third-order valence-corrected chi connectivity index (χ3v) is 2.80. The van der Waals surface area contributed by atoms with E-state index in [2.05, 4.69) is 0 Å². The number of hydrogen-bond donors (Lipinski definition) is 0. The molecule has 0 saturated carbocycles. The molecule has 0 saturated heterocycles. The van der Waals surface area contributed by atoms with E-state index in [9.17, 15) is 9.18 Å². The molecular formula is C14H10ClFO. The van der Waals surface area contributed by atoms with Crippen molar-refractivity contribution in [1.82, 2.24) is 0 Å². The maximum Gasteiger partial charge on any atom is 0.194 e. The van der Waals surface area contributed by atoms with Crippen molar-refractivity contribution in [1.29, 1.82) is 0 Å². The number of rotatable bonds is 2. The minimum absolute atomic E-state index is 0.135. The highest BCUT2D eigenvalue weighted by Crippen LogP contribution is 2.20. The van der Waals surface area contributed by atoms with Crippen molar-refractivity contribution in [2.75, 3.05) is 0 Å². The van der Waals surface area contributed by atoms with E-state index in [-0.39, 0.29) is 10.8 Å². The largest absolute Gasteiger partial charge is 0.289 e. The van der Waals surface area contributed by atoms with Crippen LogP contribution in [0.4, 0.5) is 4.39 Å². The van der Waals surface area contributed by atoms with Crippen molar-refractivity contribution in [3.05, 3.63) is 70.0 Å². The summed E-state index contributed by atoms with van der Waals surface area (Å²) >= 11 is 5.84. The third kappa shape index (κ3) is 2.53. The van der Waals surface area contributed by atoms with Crippen molar-refractivity contribution in [2.45, 2.75) is 6.92 Å². The van der Waals surface area contributed by atoms with Crippen LogP contribution in [0.1, 0.15) is 21.5 Å². The van der Waals surface area contributed by atoms with E-state index in [1.807, 2.05) is 19.1 Å². The molecule has 0 spiro atoms. The van der Waals surface area contributed by atoms with Crippen LogP contribution in [-0.2, 0) is 0 Å². The lowest BCUT2D eigenvalue weighted by Crippen LogP contribution is -2.02. The first-order chi connectivity index (χ1) is 8.08. The fourth-order valence-electron chi connectivity index (χ4n) is 1.53. The second-order valence-corrected chi connectivity index (χ2v) is 4.23. The van der Waals surface area contributed by atoms with Crippen LogP contribution in [0, 0.1) is 12.7 Å². The maximum absolute atomic E-state index is 12.9. The zero-order chi connectivity index (χ0) is 12.4. The summed E-state index contributed by atoms with van der Waals surface area (Å²) < 4.78 is 12.9. The SMILES string of the molecule is Cc1ccc(C(=O)c2ccc(F)cc2Cl)cc1. The Hall–Kier alpha value is -1.67. The molecule has 0 fully saturated rings. The highest BCUT2D eigenvalue weighted by molar-refractivity contribution is 6.35. The predicted octanol–water partition coefficient (Wildman–Crippen LogP) is 4.02. The van der Waals surface area contributed by atoms with Gasteiger partial charge in [0.2, 0.25) is 0 Å². The first-order valence-corrected chi connectivity index (χ1v) is 5.52. The Labute approximate surface area is 104 Å². The van der Waals surface area contributed by atoms with Crippen LogP contribution in [0.2, 0.25) is 5.02 Å². The molecule has 1 nitrogen and oxygen atoms in total. The average molecular weight is 249 g/mol. The number of hydrogen-bond acceptors (Lipinski definition) is 1. The summed E-state index contributed by atoms with van der Waals surface area (Å²) in [6, 6.07) is 10.9. The number of carbonyl (C=O) groups excluding carboxylic acids is 1. The summed E-state index contributed by atoms with van der Waals surface area (Å²) in [7, 11) is 0. The van der Waals surface area contributed by atoms with Gasteiger partial charge in [0.15, 0.2) is 5.78 Å². The third-order valence-electron chi connectivity index (χ3n) is 2.49. The molecule has 0 unspecified atom stereocenters. The van der Waals surface area contributed by atoms with Gasteiger partial charge >= 0.3 is 0 Å². The van der Waals surface area contributed by atoms with Gasteiger partial charge in [0.25, 0.3) is 0 Å². The van der Waals surface area contributed by atoms with Crippen molar-refractivity contribution in [3.8, 4) is 0 Å². The summed E-state index contributed by atoms with van der Waals surface area (Å²) in [5, 5.41) is 0.135. The van der Waals surface area contributed by atoms with E-state index >= 15 is 0 Å². The molecule has 3 heteroatoms. The van der Waals surface area contributed by atoms with Crippen LogP contribution in [0.3, 0.4) is 0 Å². The quantitative estimate of drug-likeness (QED) is 0.734. The predicted molar refractivity (Wildman–Crippen MR) is 66.0 cm³/mol. The zero-order valence-electron chi connectivity index (χ0n) is 9.21. The Kier molecular flexibility index (Phi) is 3.25. The molecule has 0 bridgehead atoms. The van der Waals surface area contributed by atoms with Crippen LogP contribution < -0.4 is 0 Å². The molecule has 0 atom stereocenters. The standard InChI is InChI=1S/C14H10ClFO/c1-9-2-4-10(5-3-9)14(17)12-7-6-11(16)8-13(12)15/h2-8H,1H3. The first kappa shape index (κ1) is 11.8. The fraction of sp³-hybridized carbons (Fsp3) is 0.0714. The molecule has 0 amide bonds. The van der Waals surface area contributed by atoms with Gasteiger partial charge in [-0.15, -0.1) is 0 Å². The van der Waals surface area contributed by atoms with E-state index in [1.54, 1.807) is 12.1 Å². The summed E-state index contributed by atoms with van der Waals surface area (Å²) in [6.45, 7) is 1.94. The smallest absolute Gasteiger partial charge is 0.194 e. The molecule has 0 heterocycles. The Morgan fingerprint density at radius 2 is 1.76 bits per heavy atom. The van der Waals surface area contributed by atoms with Gasteiger partial charge in [-0.05, 0) is 25.1 Å². The summed E-state index contributed by atoms with van der Waals surface area (Å²) in [5.41, 5.74) is 1.94. The Balaban J connectivity index is 2.40. The van der Waals surface area contributed by atoms with E-state index in [4.69, 9.17) is 11.6 Å². The minimum Gasteiger partial charge on any atom is -0.289 e. The summed E-state index contributed by atoms with van der Waals surface area (Å²) in [5.74, 6) is -0.648. The summed E-state index contributed by atoms with van der Waals surface area (Å²) in [6.07, 6.45) is 0.